The zero-order valence-electron chi connectivity index (χ0n) is 21.7. The molecule has 0 saturated heterocycles. The third kappa shape index (κ3) is 8.38. The zero-order chi connectivity index (χ0) is 27.4. The Balaban J connectivity index is 1.73. The van der Waals surface area contributed by atoms with E-state index >= 15 is 0 Å². The maximum absolute atomic E-state index is 12.9. The lowest BCUT2D eigenvalue weighted by atomic mass is 9.78. The van der Waals surface area contributed by atoms with Crippen molar-refractivity contribution < 1.29 is 24.2 Å². The van der Waals surface area contributed by atoms with Crippen molar-refractivity contribution in [2.75, 3.05) is 29.6 Å². The summed E-state index contributed by atoms with van der Waals surface area (Å²) in [7, 11) is 0. The number of ether oxygens (including phenoxy) is 2. The number of amides is 2. The Morgan fingerprint density at radius 3 is 2.39 bits per heavy atom. The molecule has 3 aromatic carbocycles. The number of allylic oxidation sites excluding steroid dienone is 1. The molecule has 8 nitrogen and oxygen atoms in total. The van der Waals surface area contributed by atoms with E-state index in [0.29, 0.717) is 41.2 Å². The number of carbonyl (C=O) groups is 2. The van der Waals surface area contributed by atoms with Crippen molar-refractivity contribution in [1.82, 2.24) is 0 Å². The molecule has 0 spiro atoms. The summed E-state index contributed by atoms with van der Waals surface area (Å²) in [5, 5.41) is 14.8. The zero-order valence-corrected chi connectivity index (χ0v) is 21.7. The molecule has 5 N–H and O–H groups in total. The highest BCUT2D eigenvalue weighted by atomic mass is 16.6. The van der Waals surface area contributed by atoms with Crippen LogP contribution in [0.3, 0.4) is 0 Å². The fourth-order valence-corrected chi connectivity index (χ4v) is 3.97. The second kappa shape index (κ2) is 13.9. The smallest absolute Gasteiger partial charge is 0.412 e. The van der Waals surface area contributed by atoms with Crippen molar-refractivity contribution in [3.05, 3.63) is 96.6 Å². The van der Waals surface area contributed by atoms with Gasteiger partial charge in [-0.1, -0.05) is 68.5 Å². The van der Waals surface area contributed by atoms with Gasteiger partial charge in [0.15, 0.2) is 0 Å². The van der Waals surface area contributed by atoms with Gasteiger partial charge in [-0.15, -0.1) is 0 Å². The van der Waals surface area contributed by atoms with Gasteiger partial charge in [-0.25, -0.2) is 4.79 Å². The first kappa shape index (κ1) is 28.3. The Bertz CT molecular complexity index is 1230. The number of carbonyl (C=O) groups excluding carboxylic acids is 2. The number of para-hydroxylation sites is 4. The fourth-order valence-electron chi connectivity index (χ4n) is 3.97. The normalized spacial score (nSPS) is 12.1. The molecule has 0 unspecified atom stereocenters. The van der Waals surface area contributed by atoms with Gasteiger partial charge in [-0.2, -0.15) is 0 Å². The summed E-state index contributed by atoms with van der Waals surface area (Å²) < 4.78 is 11.7. The molecule has 0 radical (unpaired) electrons. The maximum Gasteiger partial charge on any atom is 0.412 e. The van der Waals surface area contributed by atoms with E-state index in [9.17, 15) is 14.7 Å². The monoisotopic (exact) mass is 517 g/mol. The molecule has 0 saturated carbocycles. The van der Waals surface area contributed by atoms with Crippen molar-refractivity contribution >= 4 is 29.1 Å². The van der Waals surface area contributed by atoms with Gasteiger partial charge in [0.2, 0.25) is 5.91 Å². The first-order valence-electron chi connectivity index (χ1n) is 12.5. The van der Waals surface area contributed by atoms with Crippen LogP contribution in [0.15, 0.2) is 91.0 Å². The largest absolute Gasteiger partial charge is 0.491 e. The average molecular weight is 518 g/mol. The molecule has 8 heteroatoms. The van der Waals surface area contributed by atoms with Crippen molar-refractivity contribution in [3.63, 3.8) is 0 Å². The van der Waals surface area contributed by atoms with Crippen molar-refractivity contribution in [3.8, 4) is 5.75 Å². The number of nitrogens with two attached hydrogens (primary N) is 1. The summed E-state index contributed by atoms with van der Waals surface area (Å²) in [4.78, 5) is 25.2. The third-order valence-electron chi connectivity index (χ3n) is 5.95. The summed E-state index contributed by atoms with van der Waals surface area (Å²) in [6, 6.07) is 23.4. The topological polar surface area (TPSA) is 123 Å². The maximum atomic E-state index is 12.9. The van der Waals surface area contributed by atoms with Crippen LogP contribution in [0.5, 0.6) is 5.75 Å². The molecule has 0 aliphatic heterocycles. The van der Waals surface area contributed by atoms with Crippen molar-refractivity contribution in [2.45, 2.75) is 32.8 Å². The molecule has 0 heterocycles. The van der Waals surface area contributed by atoms with Gasteiger partial charge in [-0.05, 0) is 49.2 Å². The van der Waals surface area contributed by atoms with Gasteiger partial charge < -0.3 is 25.6 Å². The first-order valence-corrected chi connectivity index (χ1v) is 12.5. The molecule has 0 aliphatic rings. The molecule has 0 aromatic heterocycles. The molecular formula is C30H35N3O5. The molecule has 38 heavy (non-hydrogen) atoms. The molecule has 0 aliphatic carbocycles. The van der Waals surface area contributed by atoms with E-state index in [1.54, 1.807) is 48.5 Å². The molecule has 0 bridgehead atoms. The third-order valence-corrected chi connectivity index (χ3v) is 5.95. The van der Waals surface area contributed by atoms with Crippen molar-refractivity contribution in [1.29, 1.82) is 0 Å². The van der Waals surface area contributed by atoms with Gasteiger partial charge in [0.25, 0.3) is 0 Å². The highest BCUT2D eigenvalue weighted by molar-refractivity contribution is 6.01. The van der Waals surface area contributed by atoms with Crippen LogP contribution in [0, 0.1) is 5.41 Å². The first-order chi connectivity index (χ1) is 18.3. The lowest BCUT2D eigenvalue weighted by molar-refractivity contribution is -0.111. The van der Waals surface area contributed by atoms with E-state index in [2.05, 4.69) is 10.6 Å². The summed E-state index contributed by atoms with van der Waals surface area (Å²) >= 11 is 0. The summed E-state index contributed by atoms with van der Waals surface area (Å²) in [6.07, 6.45) is 3.14. The van der Waals surface area contributed by atoms with Crippen LogP contribution >= 0.6 is 0 Å². The lowest BCUT2D eigenvalue weighted by Gasteiger charge is -2.35. The number of hydrogen-bond acceptors (Lipinski definition) is 6. The van der Waals surface area contributed by atoms with E-state index in [0.717, 1.165) is 0 Å². The predicted molar refractivity (Wildman–Crippen MR) is 150 cm³/mol. The Hall–Kier alpha value is -4.30. The fraction of sp³-hybridized carbons (Fsp3) is 0.267. The average Bonchev–Trinajstić information content (AvgIpc) is 2.90. The van der Waals surface area contributed by atoms with E-state index in [1.807, 2.05) is 50.2 Å². The number of hydrogen-bond donors (Lipinski definition) is 4. The molecule has 3 aromatic rings. The predicted octanol–water partition coefficient (Wildman–Crippen LogP) is 5.93. The van der Waals surface area contributed by atoms with Crippen LogP contribution in [0.2, 0.25) is 0 Å². The lowest BCUT2D eigenvalue weighted by Crippen LogP contribution is -2.29. The molecule has 3 rings (SSSR count). The molecule has 1 atom stereocenters. The number of nitrogen functional groups attached to an aromatic ring is 1. The molecular weight excluding hydrogens is 482 g/mol. The van der Waals surface area contributed by atoms with E-state index in [4.69, 9.17) is 15.2 Å². The second-order valence-corrected chi connectivity index (χ2v) is 9.39. The summed E-state index contributed by atoms with van der Waals surface area (Å²) in [5.41, 5.74) is 7.70. The quantitative estimate of drug-likeness (QED) is 0.174. The number of aliphatic hydroxyl groups excluding tert-OH is 1. The van der Waals surface area contributed by atoms with Crippen molar-refractivity contribution in [2.24, 2.45) is 5.41 Å². The Morgan fingerprint density at radius 2 is 1.66 bits per heavy atom. The summed E-state index contributed by atoms with van der Waals surface area (Å²) in [6.45, 7) is 3.97. The Kier molecular flexibility index (Phi) is 10.3. The van der Waals surface area contributed by atoms with E-state index in [1.165, 1.54) is 6.08 Å². The number of aliphatic hydroxyl groups is 1. The van der Waals surface area contributed by atoms with Crippen LogP contribution < -0.4 is 21.1 Å². The Morgan fingerprint density at radius 1 is 0.974 bits per heavy atom. The number of nitrogens with one attached hydrogen (secondary N) is 2. The number of rotatable bonds is 12. The standard InChI is InChI=1S/C30H35N3O5/c1-30(2,19-11-10-18-27(35)33-25-16-8-7-15-24(25)31)28(23-14-6-9-17-26(23)37-21-20-34)38-29(36)32-22-12-4-3-5-13-22/h3-10,12-18,28,34H,11,19-21,31H2,1-2H3,(H,32,36)(H,33,35)/b18-10+/t28-/m0/s1. The number of benzene rings is 3. The van der Waals surface area contributed by atoms with E-state index < -0.39 is 17.6 Å². The minimum Gasteiger partial charge on any atom is -0.491 e. The summed E-state index contributed by atoms with van der Waals surface area (Å²) in [5.74, 6) is 0.251. The van der Waals surface area contributed by atoms with Gasteiger partial charge >= 0.3 is 6.09 Å². The van der Waals surface area contributed by atoms with Gasteiger partial charge in [-0.3, -0.25) is 10.1 Å². The van der Waals surface area contributed by atoms with Gasteiger partial charge in [0.1, 0.15) is 18.5 Å². The van der Waals surface area contributed by atoms with Crippen LogP contribution in [0.1, 0.15) is 38.4 Å². The minimum absolute atomic E-state index is 0.115. The van der Waals surface area contributed by atoms with Gasteiger partial charge in [0, 0.05) is 16.7 Å². The second-order valence-electron chi connectivity index (χ2n) is 9.39. The van der Waals surface area contributed by atoms with Gasteiger partial charge in [0.05, 0.1) is 18.0 Å². The van der Waals surface area contributed by atoms with Crippen LogP contribution in [-0.4, -0.2) is 30.3 Å². The highest BCUT2D eigenvalue weighted by Crippen LogP contribution is 2.44. The van der Waals surface area contributed by atoms with Crippen LogP contribution in [-0.2, 0) is 9.53 Å². The van der Waals surface area contributed by atoms with Crippen LogP contribution in [0.25, 0.3) is 0 Å². The molecule has 0 fully saturated rings. The highest BCUT2D eigenvalue weighted by Gasteiger charge is 2.35. The Labute approximate surface area is 223 Å². The van der Waals surface area contributed by atoms with Crippen LogP contribution in [0.4, 0.5) is 21.9 Å². The molecule has 200 valence electrons. The minimum atomic E-state index is -0.674. The number of anilines is 3. The van der Waals surface area contributed by atoms with E-state index in [-0.39, 0.29) is 19.1 Å². The molecule has 2 amide bonds. The SMILES string of the molecule is CC(C)(CC/C=C/C(=O)Nc1ccccc1N)[C@@H](OC(=O)Nc1ccccc1)c1ccccc1OCCO.